The zero-order valence-electron chi connectivity index (χ0n) is 17.7. The highest BCUT2D eigenvalue weighted by Crippen LogP contribution is 2.24. The molecule has 8 heteroatoms. The lowest BCUT2D eigenvalue weighted by molar-refractivity contribution is -0.124. The minimum atomic E-state index is -0.933. The standard InChI is InChI=1S/C24H22N4O4/c1-3-20(23(29)28-21-6-4-5-13-25-21)32-24(30)16-9-12-18-19(14-16)27-22(26-18)15-7-10-17(31-2)11-8-15/h4-14,20H,3H2,1-2H3,(H,26,27)(H,25,28,29). The van der Waals surface area contributed by atoms with Crippen LogP contribution in [0.3, 0.4) is 0 Å². The number of fused-ring (bicyclic) bond motifs is 1. The normalized spacial score (nSPS) is 11.7. The molecule has 0 saturated heterocycles. The van der Waals surface area contributed by atoms with Crippen molar-refractivity contribution in [2.75, 3.05) is 12.4 Å². The van der Waals surface area contributed by atoms with Gasteiger partial charge in [0.2, 0.25) is 0 Å². The van der Waals surface area contributed by atoms with Crippen molar-refractivity contribution in [1.29, 1.82) is 0 Å². The number of ether oxygens (including phenoxy) is 2. The summed E-state index contributed by atoms with van der Waals surface area (Å²) in [4.78, 5) is 37.0. The van der Waals surface area contributed by atoms with Crippen molar-refractivity contribution in [3.05, 3.63) is 72.4 Å². The molecule has 0 aliphatic rings. The van der Waals surface area contributed by atoms with E-state index in [2.05, 4.69) is 20.3 Å². The Morgan fingerprint density at radius 2 is 1.91 bits per heavy atom. The number of aromatic nitrogens is 3. The number of nitrogens with one attached hydrogen (secondary N) is 2. The van der Waals surface area contributed by atoms with Crippen molar-refractivity contribution < 1.29 is 19.1 Å². The minimum absolute atomic E-state index is 0.325. The fourth-order valence-electron chi connectivity index (χ4n) is 3.19. The van der Waals surface area contributed by atoms with Crippen molar-refractivity contribution in [1.82, 2.24) is 15.0 Å². The summed E-state index contributed by atoms with van der Waals surface area (Å²) in [6.07, 6.45) is 0.970. The Hall–Kier alpha value is -4.20. The number of imidazole rings is 1. The molecule has 2 N–H and O–H groups in total. The van der Waals surface area contributed by atoms with Crippen LogP contribution in [0.4, 0.5) is 5.82 Å². The van der Waals surface area contributed by atoms with Gasteiger partial charge in [-0.25, -0.2) is 14.8 Å². The van der Waals surface area contributed by atoms with Gasteiger partial charge in [0.25, 0.3) is 5.91 Å². The topological polar surface area (TPSA) is 106 Å². The highest BCUT2D eigenvalue weighted by molar-refractivity contribution is 5.98. The summed E-state index contributed by atoms with van der Waals surface area (Å²) in [5, 5.41) is 2.66. The average molecular weight is 430 g/mol. The highest BCUT2D eigenvalue weighted by atomic mass is 16.5. The van der Waals surface area contributed by atoms with E-state index in [1.807, 2.05) is 24.3 Å². The van der Waals surface area contributed by atoms with E-state index in [4.69, 9.17) is 9.47 Å². The lowest BCUT2D eigenvalue weighted by Crippen LogP contribution is -2.32. The number of esters is 1. The third kappa shape index (κ3) is 4.59. The molecule has 0 spiro atoms. The Morgan fingerprint density at radius 1 is 1.09 bits per heavy atom. The van der Waals surface area contributed by atoms with Crippen LogP contribution in [0.2, 0.25) is 0 Å². The number of benzene rings is 2. The number of H-pyrrole nitrogens is 1. The third-order valence-corrected chi connectivity index (χ3v) is 4.91. The molecule has 32 heavy (non-hydrogen) atoms. The second-order valence-electron chi connectivity index (χ2n) is 7.05. The number of methoxy groups -OCH3 is 1. The molecule has 2 heterocycles. The first-order valence-electron chi connectivity index (χ1n) is 10.1. The molecule has 2 aromatic carbocycles. The molecular weight excluding hydrogens is 408 g/mol. The fourth-order valence-corrected chi connectivity index (χ4v) is 3.19. The maximum atomic E-state index is 12.7. The van der Waals surface area contributed by atoms with Gasteiger partial charge in [-0.15, -0.1) is 0 Å². The maximum absolute atomic E-state index is 12.7. The molecule has 162 valence electrons. The molecule has 8 nitrogen and oxygen atoms in total. The first kappa shape index (κ1) is 21.0. The van der Waals surface area contributed by atoms with E-state index in [1.165, 1.54) is 0 Å². The summed E-state index contributed by atoms with van der Waals surface area (Å²) in [6.45, 7) is 1.77. The summed E-state index contributed by atoms with van der Waals surface area (Å²) in [7, 11) is 1.61. The molecule has 1 atom stereocenters. The van der Waals surface area contributed by atoms with Gasteiger partial charge in [0.1, 0.15) is 17.4 Å². The van der Waals surface area contributed by atoms with Crippen molar-refractivity contribution >= 4 is 28.7 Å². The van der Waals surface area contributed by atoms with E-state index in [0.29, 0.717) is 34.7 Å². The quantitative estimate of drug-likeness (QED) is 0.426. The minimum Gasteiger partial charge on any atom is -0.497 e. The summed E-state index contributed by atoms with van der Waals surface area (Å²) in [5.41, 5.74) is 2.62. The third-order valence-electron chi connectivity index (χ3n) is 4.91. The Morgan fingerprint density at radius 3 is 2.59 bits per heavy atom. The second kappa shape index (κ2) is 9.30. The number of pyridine rings is 1. The average Bonchev–Trinajstić information content (AvgIpc) is 3.26. The van der Waals surface area contributed by atoms with Crippen molar-refractivity contribution in [3.8, 4) is 17.1 Å². The maximum Gasteiger partial charge on any atom is 0.338 e. The zero-order valence-corrected chi connectivity index (χ0v) is 17.7. The first-order valence-corrected chi connectivity index (χ1v) is 10.1. The molecule has 4 aromatic rings. The van der Waals surface area contributed by atoms with Gasteiger partial charge in [-0.3, -0.25) is 4.79 Å². The van der Waals surface area contributed by atoms with Crippen LogP contribution >= 0.6 is 0 Å². The predicted molar refractivity (Wildman–Crippen MR) is 120 cm³/mol. The van der Waals surface area contributed by atoms with Gasteiger partial charge < -0.3 is 19.8 Å². The number of nitrogens with zero attached hydrogens (tertiary/aromatic N) is 2. The lowest BCUT2D eigenvalue weighted by Gasteiger charge is -2.15. The summed E-state index contributed by atoms with van der Waals surface area (Å²) < 4.78 is 10.6. The lowest BCUT2D eigenvalue weighted by atomic mass is 10.2. The van der Waals surface area contributed by atoms with Gasteiger partial charge in [0, 0.05) is 11.8 Å². The molecule has 1 unspecified atom stereocenters. The van der Waals surface area contributed by atoms with Gasteiger partial charge >= 0.3 is 5.97 Å². The van der Waals surface area contributed by atoms with Crippen LogP contribution < -0.4 is 10.1 Å². The van der Waals surface area contributed by atoms with E-state index in [9.17, 15) is 9.59 Å². The number of hydrogen-bond acceptors (Lipinski definition) is 6. The predicted octanol–water partition coefficient (Wildman–Crippen LogP) is 4.21. The number of anilines is 1. The number of aromatic amines is 1. The Bertz CT molecular complexity index is 1240. The van der Waals surface area contributed by atoms with E-state index < -0.39 is 18.0 Å². The van der Waals surface area contributed by atoms with Crippen LogP contribution in [0, 0.1) is 0 Å². The van der Waals surface area contributed by atoms with Crippen LogP contribution in [-0.2, 0) is 9.53 Å². The van der Waals surface area contributed by atoms with Gasteiger partial charge in [-0.2, -0.15) is 0 Å². The van der Waals surface area contributed by atoms with E-state index in [0.717, 1.165) is 11.3 Å². The number of amides is 1. The SMILES string of the molecule is CCC(OC(=O)c1ccc2nc(-c3ccc(OC)cc3)[nH]c2c1)C(=O)Nc1ccccn1. The molecule has 0 radical (unpaired) electrons. The Labute approximate surface area is 184 Å². The van der Waals surface area contributed by atoms with Crippen LogP contribution in [0.15, 0.2) is 66.9 Å². The molecule has 0 saturated carbocycles. The Kier molecular flexibility index (Phi) is 6.12. The molecular formula is C24H22N4O4. The molecule has 0 aliphatic carbocycles. The monoisotopic (exact) mass is 430 g/mol. The molecule has 1 amide bonds. The molecule has 4 rings (SSSR count). The summed E-state index contributed by atoms with van der Waals surface area (Å²) in [5.74, 6) is 0.818. The highest BCUT2D eigenvalue weighted by Gasteiger charge is 2.23. The van der Waals surface area contributed by atoms with Gasteiger partial charge in [0.05, 0.1) is 23.7 Å². The summed E-state index contributed by atoms with van der Waals surface area (Å²) in [6, 6.07) is 17.7. The van der Waals surface area contributed by atoms with Crippen LogP contribution in [-0.4, -0.2) is 40.0 Å². The van der Waals surface area contributed by atoms with Crippen molar-refractivity contribution in [2.45, 2.75) is 19.4 Å². The van der Waals surface area contributed by atoms with Gasteiger partial charge in [-0.05, 0) is 61.0 Å². The van der Waals surface area contributed by atoms with E-state index in [1.54, 1.807) is 56.6 Å². The fraction of sp³-hybridized carbons (Fsp3) is 0.167. The van der Waals surface area contributed by atoms with Crippen molar-refractivity contribution in [2.24, 2.45) is 0 Å². The molecule has 0 fully saturated rings. The van der Waals surface area contributed by atoms with Gasteiger partial charge in [0.15, 0.2) is 6.10 Å². The van der Waals surface area contributed by atoms with E-state index >= 15 is 0 Å². The largest absolute Gasteiger partial charge is 0.497 e. The molecule has 2 aromatic heterocycles. The first-order chi connectivity index (χ1) is 15.6. The smallest absolute Gasteiger partial charge is 0.338 e. The number of hydrogen-bond donors (Lipinski definition) is 2. The number of carbonyl (C=O) groups excluding carboxylic acids is 2. The van der Waals surface area contributed by atoms with Gasteiger partial charge in [-0.1, -0.05) is 13.0 Å². The Balaban J connectivity index is 1.49. The van der Waals surface area contributed by atoms with E-state index in [-0.39, 0.29) is 0 Å². The summed E-state index contributed by atoms with van der Waals surface area (Å²) >= 11 is 0. The zero-order chi connectivity index (χ0) is 22.5. The number of rotatable bonds is 7. The number of carbonyl (C=O) groups is 2. The van der Waals surface area contributed by atoms with Crippen LogP contribution in [0.5, 0.6) is 5.75 Å². The van der Waals surface area contributed by atoms with Crippen LogP contribution in [0.1, 0.15) is 23.7 Å². The van der Waals surface area contributed by atoms with Crippen LogP contribution in [0.25, 0.3) is 22.4 Å². The molecule has 0 bridgehead atoms. The van der Waals surface area contributed by atoms with Crippen molar-refractivity contribution in [3.63, 3.8) is 0 Å². The molecule has 0 aliphatic heterocycles. The second-order valence-corrected chi connectivity index (χ2v) is 7.05.